The van der Waals surface area contributed by atoms with Gasteiger partial charge in [0.2, 0.25) is 0 Å². The van der Waals surface area contributed by atoms with Gasteiger partial charge in [0.05, 0.1) is 6.04 Å². The van der Waals surface area contributed by atoms with Gasteiger partial charge in [0.1, 0.15) is 0 Å². The summed E-state index contributed by atoms with van der Waals surface area (Å²) in [4.78, 5) is 2.24. The van der Waals surface area contributed by atoms with Crippen LogP contribution in [-0.2, 0) is 0 Å². The van der Waals surface area contributed by atoms with Crippen LogP contribution in [0.2, 0.25) is 0 Å². The van der Waals surface area contributed by atoms with Gasteiger partial charge in [-0.05, 0) is 19.0 Å². The monoisotopic (exact) mass is 205 g/mol. The van der Waals surface area contributed by atoms with Crippen LogP contribution in [-0.4, -0.2) is 30.1 Å². The van der Waals surface area contributed by atoms with E-state index in [9.17, 15) is 0 Å². The van der Waals surface area contributed by atoms with Crippen molar-refractivity contribution in [2.24, 2.45) is 0 Å². The van der Waals surface area contributed by atoms with Gasteiger partial charge in [0.15, 0.2) is 0 Å². The van der Waals surface area contributed by atoms with E-state index in [0.717, 1.165) is 30.9 Å². The second kappa shape index (κ2) is 4.01. The molecule has 0 spiro atoms. The molecule has 15 heavy (non-hydrogen) atoms. The highest BCUT2D eigenvalue weighted by molar-refractivity contribution is 5.21. The Morgan fingerprint density at radius 3 is 2.53 bits per heavy atom. The van der Waals surface area contributed by atoms with Crippen LogP contribution in [0.15, 0.2) is 37.3 Å². The quantitative estimate of drug-likeness (QED) is 0.662. The lowest BCUT2D eigenvalue weighted by molar-refractivity contribution is 0.340. The van der Waals surface area contributed by atoms with Crippen LogP contribution in [0, 0.1) is 0 Å². The minimum absolute atomic E-state index is 0.465. The summed E-state index contributed by atoms with van der Waals surface area (Å²) in [5, 5.41) is 6.60. The van der Waals surface area contributed by atoms with E-state index in [4.69, 9.17) is 0 Å². The van der Waals surface area contributed by atoms with Crippen LogP contribution < -0.4 is 10.6 Å². The molecule has 3 nitrogen and oxygen atoms in total. The van der Waals surface area contributed by atoms with Gasteiger partial charge in [-0.1, -0.05) is 19.7 Å². The highest BCUT2D eigenvalue weighted by Gasteiger charge is 2.28. The van der Waals surface area contributed by atoms with E-state index in [0.29, 0.717) is 12.1 Å². The van der Waals surface area contributed by atoms with Crippen molar-refractivity contribution in [3.8, 4) is 0 Å². The molecular formula is C12H19N3. The minimum atomic E-state index is 0.465. The number of allylic oxidation sites excluding steroid dienone is 1. The molecule has 0 aromatic rings. The lowest BCUT2D eigenvalue weighted by atomic mass is 10.2. The molecular weight excluding hydrogens is 186 g/mol. The zero-order valence-electron chi connectivity index (χ0n) is 9.13. The largest absolute Gasteiger partial charge is 0.384 e. The maximum Gasteiger partial charge on any atom is 0.0827 e. The average molecular weight is 205 g/mol. The summed E-state index contributed by atoms with van der Waals surface area (Å²) in [7, 11) is 0. The van der Waals surface area contributed by atoms with E-state index >= 15 is 0 Å². The highest BCUT2D eigenvalue weighted by Crippen LogP contribution is 2.18. The minimum Gasteiger partial charge on any atom is -0.384 e. The summed E-state index contributed by atoms with van der Waals surface area (Å²) < 4.78 is 0. The summed E-state index contributed by atoms with van der Waals surface area (Å²) in [6.07, 6.45) is 4.20. The maximum absolute atomic E-state index is 3.94. The number of hydrogen-bond donors (Lipinski definition) is 2. The van der Waals surface area contributed by atoms with E-state index in [1.54, 1.807) is 0 Å². The van der Waals surface area contributed by atoms with Crippen LogP contribution >= 0.6 is 0 Å². The van der Waals surface area contributed by atoms with Crippen LogP contribution in [0.5, 0.6) is 0 Å². The van der Waals surface area contributed by atoms with Crippen molar-refractivity contribution < 1.29 is 0 Å². The molecule has 2 aliphatic heterocycles. The van der Waals surface area contributed by atoms with Crippen LogP contribution in [0.25, 0.3) is 0 Å². The first-order valence-corrected chi connectivity index (χ1v) is 5.45. The highest BCUT2D eigenvalue weighted by atomic mass is 15.2. The molecule has 2 saturated heterocycles. The van der Waals surface area contributed by atoms with Gasteiger partial charge in [-0.2, -0.15) is 0 Å². The van der Waals surface area contributed by atoms with Crippen LogP contribution in [0.4, 0.5) is 0 Å². The Kier molecular flexibility index (Phi) is 2.71. The van der Waals surface area contributed by atoms with Gasteiger partial charge in [0, 0.05) is 30.5 Å². The lowest BCUT2D eigenvalue weighted by Crippen LogP contribution is -2.36. The summed E-state index contributed by atoms with van der Waals surface area (Å²) in [5.41, 5.74) is 2.31. The third-order valence-electron chi connectivity index (χ3n) is 3.03. The first kappa shape index (κ1) is 10.1. The van der Waals surface area contributed by atoms with Crippen molar-refractivity contribution in [3.05, 3.63) is 37.3 Å². The second-order valence-electron chi connectivity index (χ2n) is 4.34. The molecule has 2 fully saturated rings. The van der Waals surface area contributed by atoms with Gasteiger partial charge < -0.3 is 15.5 Å². The molecule has 0 bridgehead atoms. The summed E-state index contributed by atoms with van der Waals surface area (Å²) >= 11 is 0. The fraction of sp³-hybridized carbons (Fsp3) is 0.500. The third kappa shape index (κ3) is 2.55. The molecule has 0 aromatic carbocycles. The van der Waals surface area contributed by atoms with Crippen molar-refractivity contribution in [1.82, 2.24) is 15.5 Å². The molecule has 0 aromatic heterocycles. The van der Waals surface area contributed by atoms with Gasteiger partial charge in [-0.15, -0.1) is 0 Å². The van der Waals surface area contributed by atoms with Crippen LogP contribution in [0.1, 0.15) is 12.8 Å². The predicted molar refractivity (Wildman–Crippen MR) is 63.1 cm³/mol. The van der Waals surface area contributed by atoms with Gasteiger partial charge in [-0.3, -0.25) is 0 Å². The summed E-state index contributed by atoms with van der Waals surface area (Å²) in [5.74, 6) is 0. The molecule has 2 rings (SSSR count). The van der Waals surface area contributed by atoms with E-state index in [1.807, 2.05) is 6.20 Å². The molecule has 2 heterocycles. The van der Waals surface area contributed by atoms with Crippen molar-refractivity contribution in [2.45, 2.75) is 24.9 Å². The zero-order valence-corrected chi connectivity index (χ0v) is 9.13. The number of hydrogen-bond acceptors (Lipinski definition) is 3. The summed E-state index contributed by atoms with van der Waals surface area (Å²) in [6.45, 7) is 13.7. The molecule has 2 N–H and O–H groups in total. The average Bonchev–Trinajstić information content (AvgIpc) is 2.72. The molecule has 2 unspecified atom stereocenters. The zero-order chi connectivity index (χ0) is 10.8. The Bertz CT molecular complexity index is 295. The maximum atomic E-state index is 3.94. The lowest BCUT2D eigenvalue weighted by Gasteiger charge is -2.23. The Hall–Kier alpha value is -1.38. The molecule has 82 valence electrons. The number of nitrogens with zero attached hydrogens (tertiary/aromatic N) is 1. The molecule has 0 saturated carbocycles. The normalized spacial score (nSPS) is 28.3. The van der Waals surface area contributed by atoms with Gasteiger partial charge >= 0.3 is 0 Å². The molecule has 2 aliphatic rings. The molecule has 2 atom stereocenters. The number of rotatable bonds is 5. The predicted octanol–water partition coefficient (Wildman–Crippen LogP) is 1.18. The number of nitrogens with one attached hydrogen (secondary N) is 2. The summed E-state index contributed by atoms with van der Waals surface area (Å²) in [6, 6.07) is 0.995. The van der Waals surface area contributed by atoms with E-state index in [1.165, 1.54) is 6.42 Å². The van der Waals surface area contributed by atoms with Gasteiger partial charge in [0.25, 0.3) is 0 Å². The first-order valence-electron chi connectivity index (χ1n) is 5.45. The molecule has 0 aliphatic carbocycles. The van der Waals surface area contributed by atoms with E-state index in [-0.39, 0.29) is 0 Å². The van der Waals surface area contributed by atoms with Crippen molar-refractivity contribution in [2.75, 3.05) is 13.1 Å². The Labute approximate surface area is 91.5 Å². The fourth-order valence-corrected chi connectivity index (χ4v) is 2.00. The van der Waals surface area contributed by atoms with Crippen LogP contribution in [0.3, 0.4) is 0 Å². The molecule has 0 amide bonds. The Morgan fingerprint density at radius 2 is 2.07 bits per heavy atom. The van der Waals surface area contributed by atoms with Gasteiger partial charge in [-0.25, -0.2) is 0 Å². The molecule has 3 heteroatoms. The van der Waals surface area contributed by atoms with E-state index < -0.39 is 0 Å². The standard InChI is InChI=1S/C12H19N3/c1-4-15(8-12-10(3)14-12)7-11-6-5-9(2)13-11/h4,11-14H,1-3,5-8H2. The third-order valence-corrected chi connectivity index (χ3v) is 3.03. The second-order valence-corrected chi connectivity index (χ2v) is 4.34. The first-order chi connectivity index (χ1) is 7.19. The SMILES string of the molecule is C=CN(CC1CCC(=C)N1)CC1NC1=C. The van der Waals surface area contributed by atoms with Crippen molar-refractivity contribution in [3.63, 3.8) is 0 Å². The van der Waals surface area contributed by atoms with E-state index in [2.05, 4.69) is 35.3 Å². The molecule has 0 radical (unpaired) electrons. The Morgan fingerprint density at radius 1 is 1.33 bits per heavy atom. The topological polar surface area (TPSA) is 37.2 Å². The van der Waals surface area contributed by atoms with Crippen molar-refractivity contribution >= 4 is 0 Å². The van der Waals surface area contributed by atoms with Crippen molar-refractivity contribution in [1.29, 1.82) is 0 Å². The Balaban J connectivity index is 1.77. The smallest absolute Gasteiger partial charge is 0.0827 e. The fourth-order valence-electron chi connectivity index (χ4n) is 2.00.